The average Bonchev–Trinajstić information content (AvgIpc) is 3.35. The van der Waals surface area contributed by atoms with Gasteiger partial charge in [0, 0.05) is 38.7 Å². The molecule has 3 amide bonds. The van der Waals surface area contributed by atoms with Crippen molar-refractivity contribution in [1.29, 1.82) is 0 Å². The maximum absolute atomic E-state index is 13.5. The second-order valence-corrected chi connectivity index (χ2v) is 15.6. The number of nitrogens with one attached hydrogen (secondary N) is 3. The highest BCUT2D eigenvalue weighted by molar-refractivity contribution is 7.90. The Hall–Kier alpha value is -4.53. The smallest absolute Gasteiger partial charge is 0.409 e. The Morgan fingerprint density at radius 1 is 1.08 bits per heavy atom. The number of aliphatic imine (C=N–C) groups is 1. The van der Waals surface area contributed by atoms with E-state index in [1.54, 1.807) is 41.7 Å². The van der Waals surface area contributed by atoms with Crippen molar-refractivity contribution in [2.45, 2.75) is 103 Å². The molecule has 276 valence electrons. The third-order valence-electron chi connectivity index (χ3n) is 8.00. The van der Waals surface area contributed by atoms with Gasteiger partial charge in [-0.3, -0.25) is 9.79 Å². The summed E-state index contributed by atoms with van der Waals surface area (Å²) in [6, 6.07) is 8.26. The molecule has 2 aromatic carbocycles. The van der Waals surface area contributed by atoms with Crippen molar-refractivity contribution in [3.63, 3.8) is 0 Å². The minimum absolute atomic E-state index is 0.0628. The molecular formula is C35H52N6O8S. The van der Waals surface area contributed by atoms with Crippen LogP contribution in [-0.2, 0) is 37.3 Å². The number of rotatable bonds is 13. The summed E-state index contributed by atoms with van der Waals surface area (Å²) in [6.07, 6.45) is -0.344. The number of hydrogen-bond acceptors (Lipinski definition) is 9. The number of ether oxygens (including phenoxy) is 3. The number of carbonyl (C=O) groups excluding carboxylic acids is 3. The zero-order valence-corrected chi connectivity index (χ0v) is 31.4. The Bertz CT molecular complexity index is 1690. The predicted octanol–water partition coefficient (Wildman–Crippen LogP) is 3.98. The Morgan fingerprint density at radius 3 is 2.38 bits per heavy atom. The van der Waals surface area contributed by atoms with E-state index in [4.69, 9.17) is 19.9 Å². The number of carbonyl (C=O) groups is 3. The topological polar surface area (TPSA) is 191 Å². The summed E-state index contributed by atoms with van der Waals surface area (Å²) >= 11 is 0. The summed E-state index contributed by atoms with van der Waals surface area (Å²) in [5.41, 5.74) is 8.40. The molecule has 1 aliphatic heterocycles. The van der Waals surface area contributed by atoms with Crippen LogP contribution in [0.15, 0.2) is 40.2 Å². The van der Waals surface area contributed by atoms with Gasteiger partial charge in [-0.15, -0.1) is 0 Å². The van der Waals surface area contributed by atoms with Crippen molar-refractivity contribution < 1.29 is 37.0 Å². The van der Waals surface area contributed by atoms with E-state index < -0.39 is 45.4 Å². The van der Waals surface area contributed by atoms with E-state index in [1.807, 2.05) is 51.1 Å². The highest BCUT2D eigenvalue weighted by atomic mass is 32.2. The molecule has 0 fully saturated rings. The normalized spacial score (nSPS) is 14.5. The lowest BCUT2D eigenvalue weighted by Gasteiger charge is -2.24. The molecule has 0 aliphatic carbocycles. The minimum atomic E-state index is -4.08. The summed E-state index contributed by atoms with van der Waals surface area (Å²) < 4.78 is 46.1. The molecule has 15 heteroatoms. The van der Waals surface area contributed by atoms with Gasteiger partial charge in [-0.2, -0.15) is 0 Å². The lowest BCUT2D eigenvalue weighted by molar-refractivity contribution is -0.123. The molecule has 0 bridgehead atoms. The quantitative estimate of drug-likeness (QED) is 0.135. The van der Waals surface area contributed by atoms with Crippen molar-refractivity contribution in [1.82, 2.24) is 20.3 Å². The molecule has 50 heavy (non-hydrogen) atoms. The first-order valence-electron chi connectivity index (χ1n) is 16.5. The average molecular weight is 717 g/mol. The van der Waals surface area contributed by atoms with Crippen LogP contribution in [0.4, 0.5) is 9.59 Å². The highest BCUT2D eigenvalue weighted by Gasteiger charge is 2.36. The van der Waals surface area contributed by atoms with Gasteiger partial charge in [0.1, 0.15) is 29.6 Å². The molecule has 1 heterocycles. The largest absolute Gasteiger partial charge is 0.487 e. The maximum Gasteiger partial charge on any atom is 0.409 e. The van der Waals surface area contributed by atoms with Gasteiger partial charge in [0.25, 0.3) is 10.0 Å². The molecule has 0 saturated heterocycles. The number of guanidine groups is 1. The molecular weight excluding hydrogens is 664 g/mol. The van der Waals surface area contributed by atoms with Gasteiger partial charge in [0.2, 0.25) is 11.9 Å². The molecule has 14 nitrogen and oxygen atoms in total. The summed E-state index contributed by atoms with van der Waals surface area (Å²) in [5.74, 6) is -0.0796. The van der Waals surface area contributed by atoms with Gasteiger partial charge < -0.3 is 35.5 Å². The first-order chi connectivity index (χ1) is 23.2. The molecule has 0 aromatic heterocycles. The van der Waals surface area contributed by atoms with Crippen LogP contribution in [0, 0.1) is 20.8 Å². The van der Waals surface area contributed by atoms with E-state index >= 15 is 0 Å². The van der Waals surface area contributed by atoms with E-state index in [1.165, 1.54) is 4.90 Å². The Morgan fingerprint density at radius 2 is 1.74 bits per heavy atom. The summed E-state index contributed by atoms with van der Waals surface area (Å²) in [5, 5.41) is 5.31. The fourth-order valence-corrected chi connectivity index (χ4v) is 7.00. The second kappa shape index (κ2) is 16.5. The van der Waals surface area contributed by atoms with Crippen LogP contribution in [0.25, 0.3) is 0 Å². The summed E-state index contributed by atoms with van der Waals surface area (Å²) in [7, 11) is -2.53. The molecule has 0 radical (unpaired) electrons. The van der Waals surface area contributed by atoms with Crippen molar-refractivity contribution in [3.05, 3.63) is 58.1 Å². The van der Waals surface area contributed by atoms with Crippen LogP contribution in [0.5, 0.6) is 5.75 Å². The Kier molecular flexibility index (Phi) is 13.1. The molecule has 3 rings (SSSR count). The Balaban J connectivity index is 1.59. The first-order valence-corrected chi connectivity index (χ1v) is 18.0. The van der Waals surface area contributed by atoms with Crippen LogP contribution >= 0.6 is 0 Å². The monoisotopic (exact) mass is 716 g/mol. The molecule has 0 unspecified atom stereocenters. The fraction of sp³-hybridized carbons (Fsp3) is 0.543. The molecule has 2 aromatic rings. The lowest BCUT2D eigenvalue weighted by Crippen LogP contribution is -2.49. The van der Waals surface area contributed by atoms with Crippen LogP contribution in [0.3, 0.4) is 0 Å². The van der Waals surface area contributed by atoms with Crippen molar-refractivity contribution in [3.8, 4) is 5.75 Å². The van der Waals surface area contributed by atoms with E-state index in [0.717, 1.165) is 22.4 Å². The SMILES string of the molecule is Cc1c(C)c(S(=O)(=O)NC(N)=NCCC[C@@H](NC(=O)OC(C)(C)C)C(=O)NCCN(C)C(=O)OCc2ccccc2)c(C)c2c1OC(C)(C)C2. The number of alkyl carbamates (subject to hydrolysis) is 1. The number of likely N-dealkylation sites (N-methyl/N-ethyl adjacent to an activating group) is 1. The van der Waals surface area contributed by atoms with Gasteiger partial charge in [-0.1, -0.05) is 30.3 Å². The highest BCUT2D eigenvalue weighted by Crippen LogP contribution is 2.43. The number of benzene rings is 2. The van der Waals surface area contributed by atoms with Gasteiger partial charge in [-0.05, 0) is 90.5 Å². The van der Waals surface area contributed by atoms with E-state index in [9.17, 15) is 22.8 Å². The van der Waals surface area contributed by atoms with Crippen LogP contribution in [0.1, 0.15) is 75.3 Å². The molecule has 0 spiro atoms. The van der Waals surface area contributed by atoms with Crippen LogP contribution in [-0.4, -0.2) is 81.3 Å². The summed E-state index contributed by atoms with van der Waals surface area (Å²) in [4.78, 5) is 43.7. The number of nitrogens with zero attached hydrogens (tertiary/aromatic N) is 2. The third-order valence-corrected chi connectivity index (χ3v) is 9.63. The number of amides is 3. The second-order valence-electron chi connectivity index (χ2n) is 14.0. The lowest BCUT2D eigenvalue weighted by atomic mass is 9.94. The fourth-order valence-electron chi connectivity index (χ4n) is 5.47. The minimum Gasteiger partial charge on any atom is -0.487 e. The molecule has 5 N–H and O–H groups in total. The van der Waals surface area contributed by atoms with Crippen LogP contribution < -0.4 is 25.8 Å². The number of nitrogens with two attached hydrogens (primary N) is 1. The predicted molar refractivity (Wildman–Crippen MR) is 191 cm³/mol. The van der Waals surface area contributed by atoms with Gasteiger partial charge in [-0.25, -0.2) is 22.7 Å². The first kappa shape index (κ1) is 39.9. The molecule has 0 saturated carbocycles. The third kappa shape index (κ3) is 11.3. The zero-order valence-electron chi connectivity index (χ0n) is 30.6. The van der Waals surface area contributed by atoms with Crippen LogP contribution in [0.2, 0.25) is 0 Å². The van der Waals surface area contributed by atoms with Gasteiger partial charge in [0.15, 0.2) is 0 Å². The van der Waals surface area contributed by atoms with Crippen molar-refractivity contribution >= 4 is 34.1 Å². The number of hydrogen-bond donors (Lipinski definition) is 4. The summed E-state index contributed by atoms with van der Waals surface area (Å²) in [6.45, 7) is 14.8. The molecule has 1 aliphatic rings. The van der Waals surface area contributed by atoms with E-state index in [0.29, 0.717) is 17.5 Å². The van der Waals surface area contributed by atoms with Crippen molar-refractivity contribution in [2.75, 3.05) is 26.7 Å². The number of sulfonamides is 1. The standard InChI is InChI=1S/C35H52N6O8S/c1-22-23(2)29(24(3)26-20-35(7,8)48-28(22)26)50(45,46)40-31(36)38-17-13-16-27(39-32(43)49-34(4,5)6)30(42)37-18-19-41(9)33(44)47-21-25-14-11-10-12-15-25/h10-12,14-15,27H,13,16-21H2,1-9H3,(H,37,42)(H,39,43)(H3,36,38,40)/t27-/m1/s1. The van der Waals surface area contributed by atoms with E-state index in [2.05, 4.69) is 20.3 Å². The number of fused-ring (bicyclic) bond motifs is 1. The van der Waals surface area contributed by atoms with Gasteiger partial charge >= 0.3 is 12.2 Å². The molecule has 1 atom stereocenters. The zero-order chi connectivity index (χ0) is 37.4. The maximum atomic E-state index is 13.5. The van der Waals surface area contributed by atoms with Crippen molar-refractivity contribution in [2.24, 2.45) is 10.7 Å². The van der Waals surface area contributed by atoms with Gasteiger partial charge in [0.05, 0.1) is 4.90 Å². The van der Waals surface area contributed by atoms with E-state index in [-0.39, 0.29) is 49.9 Å². The Labute approximate surface area is 295 Å².